The summed E-state index contributed by atoms with van der Waals surface area (Å²) in [7, 11) is 0. The molecule has 100 valence electrons. The third kappa shape index (κ3) is 2.98. The van der Waals surface area contributed by atoms with E-state index < -0.39 is 0 Å². The molecule has 1 aliphatic rings. The van der Waals surface area contributed by atoms with Gasteiger partial charge in [0.2, 0.25) is 0 Å². The van der Waals surface area contributed by atoms with Gasteiger partial charge in [0.25, 0.3) is 0 Å². The molecule has 1 aromatic heterocycles. The Labute approximate surface area is 117 Å². The monoisotopic (exact) mass is 274 g/mol. The molecular formula is C14H18N4S. The highest BCUT2D eigenvalue weighted by Crippen LogP contribution is 2.37. The lowest BCUT2D eigenvalue weighted by Crippen LogP contribution is -2.15. The molecule has 2 aromatic rings. The molecule has 0 radical (unpaired) electrons. The standard InChI is InChI=1S/C14H18N4S/c1-2-15-8-14-16-10-18(17-14)9-12-7-11-5-3-4-6-13(11)19-12/h3-6,10,12,15H,2,7-9H2,1H3. The Morgan fingerprint density at radius 2 is 2.32 bits per heavy atom. The molecule has 0 spiro atoms. The molecule has 1 aliphatic heterocycles. The first-order valence-electron chi connectivity index (χ1n) is 6.68. The molecule has 4 nitrogen and oxygen atoms in total. The van der Waals surface area contributed by atoms with Gasteiger partial charge in [-0.1, -0.05) is 25.1 Å². The first-order valence-corrected chi connectivity index (χ1v) is 7.56. The molecule has 1 unspecified atom stereocenters. The Kier molecular flexibility index (Phi) is 3.84. The summed E-state index contributed by atoms with van der Waals surface area (Å²) in [4.78, 5) is 5.74. The molecule has 0 saturated carbocycles. The van der Waals surface area contributed by atoms with Crippen LogP contribution in [-0.2, 0) is 19.5 Å². The van der Waals surface area contributed by atoms with E-state index in [0.717, 1.165) is 31.9 Å². The van der Waals surface area contributed by atoms with Crippen molar-refractivity contribution in [2.45, 2.75) is 36.6 Å². The van der Waals surface area contributed by atoms with Crippen LogP contribution in [0.5, 0.6) is 0 Å². The molecule has 19 heavy (non-hydrogen) atoms. The summed E-state index contributed by atoms with van der Waals surface area (Å²) in [6.45, 7) is 4.71. The van der Waals surface area contributed by atoms with Crippen molar-refractivity contribution in [1.82, 2.24) is 20.1 Å². The second kappa shape index (κ2) is 5.75. The molecular weight excluding hydrogens is 256 g/mol. The van der Waals surface area contributed by atoms with E-state index in [1.807, 2.05) is 22.8 Å². The van der Waals surface area contributed by atoms with Gasteiger partial charge >= 0.3 is 0 Å². The zero-order valence-corrected chi connectivity index (χ0v) is 11.9. The molecule has 2 heterocycles. The average molecular weight is 274 g/mol. The van der Waals surface area contributed by atoms with Crippen molar-refractivity contribution in [3.63, 3.8) is 0 Å². The van der Waals surface area contributed by atoms with Gasteiger partial charge < -0.3 is 5.32 Å². The van der Waals surface area contributed by atoms with Gasteiger partial charge in [0.05, 0.1) is 13.1 Å². The minimum absolute atomic E-state index is 0.575. The minimum Gasteiger partial charge on any atom is -0.310 e. The number of nitrogens with zero attached hydrogens (tertiary/aromatic N) is 3. The van der Waals surface area contributed by atoms with Crippen LogP contribution >= 0.6 is 11.8 Å². The van der Waals surface area contributed by atoms with Crippen LogP contribution in [0.25, 0.3) is 0 Å². The van der Waals surface area contributed by atoms with E-state index in [0.29, 0.717) is 5.25 Å². The Balaban J connectivity index is 1.60. The molecule has 0 aliphatic carbocycles. The SMILES string of the molecule is CCNCc1ncn(CC2Cc3ccccc3S2)n1. The van der Waals surface area contributed by atoms with Crippen LogP contribution in [0.1, 0.15) is 18.3 Å². The van der Waals surface area contributed by atoms with Gasteiger partial charge in [0, 0.05) is 10.1 Å². The summed E-state index contributed by atoms with van der Waals surface area (Å²) in [5.74, 6) is 0.877. The van der Waals surface area contributed by atoms with Crippen LogP contribution in [0.15, 0.2) is 35.5 Å². The van der Waals surface area contributed by atoms with Gasteiger partial charge in [0.1, 0.15) is 6.33 Å². The van der Waals surface area contributed by atoms with Gasteiger partial charge in [-0.2, -0.15) is 5.10 Å². The lowest BCUT2D eigenvalue weighted by molar-refractivity contribution is 0.579. The Morgan fingerprint density at radius 1 is 1.42 bits per heavy atom. The Morgan fingerprint density at radius 3 is 3.16 bits per heavy atom. The van der Waals surface area contributed by atoms with Crippen molar-refractivity contribution in [1.29, 1.82) is 0 Å². The molecule has 1 N–H and O–H groups in total. The zero-order chi connectivity index (χ0) is 13.1. The molecule has 0 amide bonds. The maximum absolute atomic E-state index is 4.50. The van der Waals surface area contributed by atoms with Crippen molar-refractivity contribution in [3.05, 3.63) is 42.0 Å². The van der Waals surface area contributed by atoms with Crippen LogP contribution in [0.4, 0.5) is 0 Å². The minimum atomic E-state index is 0.575. The number of benzene rings is 1. The highest BCUT2D eigenvalue weighted by molar-refractivity contribution is 8.00. The van der Waals surface area contributed by atoms with Gasteiger partial charge in [-0.15, -0.1) is 11.8 Å². The number of thioether (sulfide) groups is 1. The maximum atomic E-state index is 4.50. The van der Waals surface area contributed by atoms with E-state index in [2.05, 4.69) is 46.6 Å². The lowest BCUT2D eigenvalue weighted by atomic mass is 10.1. The van der Waals surface area contributed by atoms with Crippen molar-refractivity contribution >= 4 is 11.8 Å². The summed E-state index contributed by atoms with van der Waals surface area (Å²) >= 11 is 1.95. The quantitative estimate of drug-likeness (QED) is 0.907. The van der Waals surface area contributed by atoms with Gasteiger partial charge in [0.15, 0.2) is 5.82 Å². The highest BCUT2D eigenvalue weighted by Gasteiger charge is 2.22. The molecule has 3 rings (SSSR count). The largest absolute Gasteiger partial charge is 0.310 e. The molecule has 1 atom stereocenters. The average Bonchev–Trinajstić information content (AvgIpc) is 3.02. The fourth-order valence-corrected chi connectivity index (χ4v) is 3.61. The topological polar surface area (TPSA) is 42.7 Å². The van der Waals surface area contributed by atoms with Gasteiger partial charge in [-0.3, -0.25) is 4.68 Å². The third-order valence-corrected chi connectivity index (χ3v) is 4.52. The van der Waals surface area contributed by atoms with E-state index in [1.165, 1.54) is 10.5 Å². The highest BCUT2D eigenvalue weighted by atomic mass is 32.2. The van der Waals surface area contributed by atoms with Crippen LogP contribution < -0.4 is 5.32 Å². The smallest absolute Gasteiger partial charge is 0.164 e. The third-order valence-electron chi connectivity index (χ3n) is 3.22. The molecule has 5 heteroatoms. The zero-order valence-electron chi connectivity index (χ0n) is 11.0. The van der Waals surface area contributed by atoms with Crippen molar-refractivity contribution in [2.24, 2.45) is 0 Å². The van der Waals surface area contributed by atoms with E-state index in [-0.39, 0.29) is 0 Å². The first-order chi connectivity index (χ1) is 9.35. The van der Waals surface area contributed by atoms with E-state index in [4.69, 9.17) is 0 Å². The second-order valence-electron chi connectivity index (χ2n) is 4.71. The second-order valence-corrected chi connectivity index (χ2v) is 6.06. The Bertz CT molecular complexity index is 527. The first kappa shape index (κ1) is 12.7. The van der Waals surface area contributed by atoms with Crippen LogP contribution in [0.3, 0.4) is 0 Å². The fraction of sp³-hybridized carbons (Fsp3) is 0.429. The molecule has 0 bridgehead atoms. The predicted molar refractivity (Wildman–Crippen MR) is 77.2 cm³/mol. The normalized spacial score (nSPS) is 17.6. The summed E-state index contributed by atoms with van der Waals surface area (Å²) in [5.41, 5.74) is 1.46. The summed E-state index contributed by atoms with van der Waals surface area (Å²) in [6.07, 6.45) is 2.97. The van der Waals surface area contributed by atoms with E-state index >= 15 is 0 Å². The summed E-state index contributed by atoms with van der Waals surface area (Å²) < 4.78 is 1.97. The number of fused-ring (bicyclic) bond motifs is 1. The number of rotatable bonds is 5. The predicted octanol–water partition coefficient (Wildman–Crippen LogP) is 2.10. The van der Waals surface area contributed by atoms with Crippen molar-refractivity contribution < 1.29 is 0 Å². The summed E-state index contributed by atoms with van der Waals surface area (Å²) in [5, 5.41) is 8.32. The van der Waals surface area contributed by atoms with Gasteiger partial charge in [-0.05, 0) is 24.6 Å². The van der Waals surface area contributed by atoms with Gasteiger partial charge in [-0.25, -0.2) is 4.98 Å². The molecule has 0 fully saturated rings. The van der Waals surface area contributed by atoms with E-state index in [9.17, 15) is 0 Å². The van der Waals surface area contributed by atoms with Crippen molar-refractivity contribution in [2.75, 3.05) is 6.54 Å². The maximum Gasteiger partial charge on any atom is 0.164 e. The number of hydrogen-bond donors (Lipinski definition) is 1. The molecule has 0 saturated heterocycles. The number of hydrogen-bond acceptors (Lipinski definition) is 4. The number of aromatic nitrogens is 3. The van der Waals surface area contributed by atoms with Crippen molar-refractivity contribution in [3.8, 4) is 0 Å². The van der Waals surface area contributed by atoms with Crippen LogP contribution in [0.2, 0.25) is 0 Å². The molecule has 1 aromatic carbocycles. The van der Waals surface area contributed by atoms with E-state index in [1.54, 1.807) is 0 Å². The van der Waals surface area contributed by atoms with Crippen LogP contribution in [-0.4, -0.2) is 26.6 Å². The summed E-state index contributed by atoms with van der Waals surface area (Å²) in [6, 6.07) is 8.65. The number of nitrogens with one attached hydrogen (secondary N) is 1. The van der Waals surface area contributed by atoms with Crippen LogP contribution in [0, 0.1) is 0 Å². The fourth-order valence-electron chi connectivity index (χ4n) is 2.30. The lowest BCUT2D eigenvalue weighted by Gasteiger charge is -2.07. The Hall–Kier alpha value is -1.33.